The predicted molar refractivity (Wildman–Crippen MR) is 60.9 cm³/mol. The van der Waals surface area contributed by atoms with Crippen molar-refractivity contribution < 1.29 is 0 Å². The Hall–Kier alpha value is -0.410. The lowest BCUT2D eigenvalue weighted by molar-refractivity contribution is 0.641. The van der Waals surface area contributed by atoms with Crippen molar-refractivity contribution >= 4 is 11.3 Å². The molecule has 2 rings (SSSR count). The first-order valence-corrected chi connectivity index (χ1v) is 6.25. The van der Waals surface area contributed by atoms with Crippen LogP contribution in [0, 0.1) is 5.92 Å². The van der Waals surface area contributed by atoms with Crippen molar-refractivity contribution in [2.24, 2.45) is 5.92 Å². The fourth-order valence-corrected chi connectivity index (χ4v) is 3.12. The smallest absolute Gasteiger partial charge is 0.0933 e. The zero-order chi connectivity index (χ0) is 9.97. The average molecular weight is 210 g/mol. The molecule has 0 bridgehead atoms. The zero-order valence-corrected chi connectivity index (χ0v) is 9.78. The number of rotatable bonds is 2. The number of fused-ring (bicyclic) bond motifs is 1. The van der Waals surface area contributed by atoms with E-state index in [1.165, 1.54) is 22.0 Å². The normalized spacial score (nSPS) is 16.8. The highest BCUT2D eigenvalue weighted by Crippen LogP contribution is 2.23. The van der Waals surface area contributed by atoms with Gasteiger partial charge in [0.2, 0.25) is 0 Å². The molecule has 0 saturated carbocycles. The third-order valence-corrected chi connectivity index (χ3v) is 3.65. The molecule has 0 radical (unpaired) electrons. The predicted octanol–water partition coefficient (Wildman–Crippen LogP) is 2.03. The van der Waals surface area contributed by atoms with E-state index in [-0.39, 0.29) is 0 Å². The molecule has 0 fully saturated rings. The summed E-state index contributed by atoms with van der Waals surface area (Å²) in [4.78, 5) is 6.25. The van der Waals surface area contributed by atoms with Gasteiger partial charge in [0.25, 0.3) is 0 Å². The van der Waals surface area contributed by atoms with Crippen LogP contribution in [-0.4, -0.2) is 18.1 Å². The second kappa shape index (κ2) is 4.41. The molecule has 0 saturated heterocycles. The van der Waals surface area contributed by atoms with Gasteiger partial charge in [-0.15, -0.1) is 11.3 Å². The van der Waals surface area contributed by atoms with E-state index in [1.807, 2.05) is 11.3 Å². The first-order valence-electron chi connectivity index (χ1n) is 5.44. The van der Waals surface area contributed by atoms with Crippen LogP contribution in [0.25, 0.3) is 0 Å². The summed E-state index contributed by atoms with van der Waals surface area (Å²) in [6.07, 6.45) is 3.43. The molecule has 0 amide bonds. The Balaban J connectivity index is 2.14. The second-order valence-corrected chi connectivity index (χ2v) is 5.49. The molecule has 1 N–H and O–H groups in total. The summed E-state index contributed by atoms with van der Waals surface area (Å²) in [6.45, 7) is 6.73. The van der Waals surface area contributed by atoms with Gasteiger partial charge in [0, 0.05) is 30.8 Å². The fraction of sp³-hybridized carbons (Fsp3) is 0.727. The van der Waals surface area contributed by atoms with Crippen LogP contribution in [0.3, 0.4) is 0 Å². The molecule has 78 valence electrons. The third kappa shape index (κ3) is 2.34. The fourth-order valence-electron chi connectivity index (χ4n) is 1.80. The average Bonchev–Trinajstić information content (AvgIpc) is 2.34. The van der Waals surface area contributed by atoms with E-state index in [1.54, 1.807) is 0 Å². The molecule has 1 aliphatic rings. The number of thiazole rings is 1. The SMILES string of the molecule is CC(C)Cc1nc2c(s1)CCNCC2. The number of hydrogen-bond acceptors (Lipinski definition) is 3. The molecule has 2 heterocycles. The van der Waals surface area contributed by atoms with E-state index in [9.17, 15) is 0 Å². The van der Waals surface area contributed by atoms with E-state index in [2.05, 4.69) is 19.2 Å². The minimum atomic E-state index is 0.725. The van der Waals surface area contributed by atoms with Gasteiger partial charge >= 0.3 is 0 Å². The van der Waals surface area contributed by atoms with Crippen LogP contribution in [0.15, 0.2) is 0 Å². The number of aromatic nitrogens is 1. The van der Waals surface area contributed by atoms with E-state index in [0.29, 0.717) is 0 Å². The van der Waals surface area contributed by atoms with E-state index < -0.39 is 0 Å². The first kappa shape index (κ1) is 10.1. The summed E-state index contributed by atoms with van der Waals surface area (Å²) in [5.41, 5.74) is 1.36. The van der Waals surface area contributed by atoms with Crippen LogP contribution >= 0.6 is 11.3 Å². The summed E-state index contributed by atoms with van der Waals surface area (Å²) in [5.74, 6) is 0.725. The topological polar surface area (TPSA) is 24.9 Å². The summed E-state index contributed by atoms with van der Waals surface area (Å²) >= 11 is 1.93. The molecular formula is C11H18N2S. The van der Waals surface area contributed by atoms with Crippen molar-refractivity contribution in [2.45, 2.75) is 33.1 Å². The minimum Gasteiger partial charge on any atom is -0.316 e. The quantitative estimate of drug-likeness (QED) is 0.808. The highest BCUT2D eigenvalue weighted by Gasteiger charge is 2.13. The molecule has 0 spiro atoms. The largest absolute Gasteiger partial charge is 0.316 e. The Labute approximate surface area is 89.8 Å². The zero-order valence-electron chi connectivity index (χ0n) is 8.97. The lowest BCUT2D eigenvalue weighted by Crippen LogP contribution is -2.16. The Bertz CT molecular complexity index is 281. The molecule has 14 heavy (non-hydrogen) atoms. The lowest BCUT2D eigenvalue weighted by Gasteiger charge is -1.99. The molecule has 1 aromatic rings. The standard InChI is InChI=1S/C11H18N2S/c1-8(2)7-11-13-9-3-5-12-6-4-10(9)14-11/h8,12H,3-7H2,1-2H3. The van der Waals surface area contributed by atoms with Crippen LogP contribution in [0.4, 0.5) is 0 Å². The maximum Gasteiger partial charge on any atom is 0.0933 e. The lowest BCUT2D eigenvalue weighted by atomic mass is 10.1. The van der Waals surface area contributed by atoms with Gasteiger partial charge in [-0.3, -0.25) is 0 Å². The maximum absolute atomic E-state index is 4.73. The Morgan fingerprint density at radius 1 is 1.36 bits per heavy atom. The molecule has 0 unspecified atom stereocenters. The van der Waals surface area contributed by atoms with Crippen molar-refractivity contribution in [1.82, 2.24) is 10.3 Å². The van der Waals surface area contributed by atoms with Crippen LogP contribution in [0.1, 0.15) is 29.4 Å². The van der Waals surface area contributed by atoms with Crippen molar-refractivity contribution in [3.05, 3.63) is 15.6 Å². The number of hydrogen-bond donors (Lipinski definition) is 1. The highest BCUT2D eigenvalue weighted by atomic mass is 32.1. The van der Waals surface area contributed by atoms with Gasteiger partial charge in [-0.25, -0.2) is 4.98 Å². The molecule has 0 atom stereocenters. The van der Waals surface area contributed by atoms with Gasteiger partial charge in [-0.1, -0.05) is 13.8 Å². The number of nitrogens with one attached hydrogen (secondary N) is 1. The highest BCUT2D eigenvalue weighted by molar-refractivity contribution is 7.11. The third-order valence-electron chi connectivity index (χ3n) is 2.47. The molecule has 0 aromatic carbocycles. The molecular weight excluding hydrogens is 192 g/mol. The van der Waals surface area contributed by atoms with E-state index >= 15 is 0 Å². The Morgan fingerprint density at radius 3 is 2.93 bits per heavy atom. The molecule has 0 aliphatic carbocycles. The van der Waals surface area contributed by atoms with Crippen LogP contribution in [0.2, 0.25) is 0 Å². The van der Waals surface area contributed by atoms with Gasteiger partial charge < -0.3 is 5.32 Å². The minimum absolute atomic E-state index is 0.725. The summed E-state index contributed by atoms with van der Waals surface area (Å²) in [6, 6.07) is 0. The van der Waals surface area contributed by atoms with Crippen LogP contribution in [-0.2, 0) is 19.3 Å². The summed E-state index contributed by atoms with van der Waals surface area (Å²) in [5, 5.41) is 4.75. The summed E-state index contributed by atoms with van der Waals surface area (Å²) < 4.78 is 0. The van der Waals surface area contributed by atoms with Gasteiger partial charge in [0.05, 0.1) is 10.7 Å². The molecule has 1 aromatic heterocycles. The van der Waals surface area contributed by atoms with Crippen molar-refractivity contribution in [2.75, 3.05) is 13.1 Å². The second-order valence-electron chi connectivity index (χ2n) is 4.33. The Kier molecular flexibility index (Phi) is 3.19. The van der Waals surface area contributed by atoms with Gasteiger partial charge in [-0.2, -0.15) is 0 Å². The van der Waals surface area contributed by atoms with Crippen molar-refractivity contribution in [3.63, 3.8) is 0 Å². The van der Waals surface area contributed by atoms with Crippen molar-refractivity contribution in [1.29, 1.82) is 0 Å². The molecule has 3 heteroatoms. The number of nitrogens with zero attached hydrogens (tertiary/aromatic N) is 1. The van der Waals surface area contributed by atoms with Crippen molar-refractivity contribution in [3.8, 4) is 0 Å². The van der Waals surface area contributed by atoms with E-state index in [0.717, 1.165) is 31.8 Å². The van der Waals surface area contributed by atoms with E-state index in [4.69, 9.17) is 4.98 Å². The maximum atomic E-state index is 4.73. The van der Waals surface area contributed by atoms with Crippen LogP contribution < -0.4 is 5.32 Å². The Morgan fingerprint density at radius 2 is 2.14 bits per heavy atom. The summed E-state index contributed by atoms with van der Waals surface area (Å²) in [7, 11) is 0. The van der Waals surface area contributed by atoms with Crippen LogP contribution in [0.5, 0.6) is 0 Å². The monoisotopic (exact) mass is 210 g/mol. The van der Waals surface area contributed by atoms with Gasteiger partial charge in [0.1, 0.15) is 0 Å². The van der Waals surface area contributed by atoms with Gasteiger partial charge in [-0.05, 0) is 12.3 Å². The first-order chi connectivity index (χ1) is 6.75. The molecule has 1 aliphatic heterocycles. The molecule has 2 nitrogen and oxygen atoms in total. The van der Waals surface area contributed by atoms with Gasteiger partial charge in [0.15, 0.2) is 0 Å².